The van der Waals surface area contributed by atoms with E-state index in [1.165, 1.54) is 11.1 Å². The molecule has 0 fully saturated rings. The number of guanidine groups is 1. The summed E-state index contributed by atoms with van der Waals surface area (Å²) in [6.45, 7) is 6.31. The number of nitrogens with one attached hydrogen (secondary N) is 3. The van der Waals surface area contributed by atoms with Crippen LogP contribution in [0, 0.1) is 6.92 Å². The molecule has 0 aliphatic rings. The number of hydrogen-bond donors (Lipinski definition) is 3. The molecule has 0 heterocycles. The van der Waals surface area contributed by atoms with E-state index >= 15 is 0 Å². The highest BCUT2D eigenvalue weighted by Gasteiger charge is 2.05. The average molecular weight is 367 g/mol. The van der Waals surface area contributed by atoms with Crippen LogP contribution in [-0.2, 0) is 13.1 Å². The van der Waals surface area contributed by atoms with Gasteiger partial charge in [-0.1, -0.05) is 49.7 Å². The first kappa shape index (κ1) is 20.5. The van der Waals surface area contributed by atoms with Gasteiger partial charge in [-0.25, -0.2) is 0 Å². The van der Waals surface area contributed by atoms with Gasteiger partial charge in [-0.3, -0.25) is 9.79 Å². The van der Waals surface area contributed by atoms with Gasteiger partial charge in [-0.2, -0.15) is 0 Å². The van der Waals surface area contributed by atoms with Crippen LogP contribution in [0.2, 0.25) is 0 Å². The van der Waals surface area contributed by atoms with Crippen molar-refractivity contribution >= 4 is 11.9 Å². The number of rotatable bonds is 8. The van der Waals surface area contributed by atoms with E-state index in [9.17, 15) is 4.79 Å². The predicted octanol–water partition coefficient (Wildman–Crippen LogP) is 3.39. The zero-order valence-corrected chi connectivity index (χ0v) is 16.5. The molecule has 0 aromatic heterocycles. The third kappa shape index (κ3) is 6.77. The normalized spacial score (nSPS) is 11.1. The summed E-state index contributed by atoms with van der Waals surface area (Å²) in [4.78, 5) is 16.3. The van der Waals surface area contributed by atoms with Crippen molar-refractivity contribution in [2.75, 3.05) is 13.6 Å². The van der Waals surface area contributed by atoms with E-state index in [2.05, 4.69) is 46.9 Å². The summed E-state index contributed by atoms with van der Waals surface area (Å²) in [6, 6.07) is 16.0. The maximum absolute atomic E-state index is 12.0. The molecule has 0 aliphatic carbocycles. The van der Waals surface area contributed by atoms with Gasteiger partial charge in [0, 0.05) is 32.2 Å². The minimum atomic E-state index is -0.0151. The largest absolute Gasteiger partial charge is 0.352 e. The minimum Gasteiger partial charge on any atom is -0.352 e. The number of carbonyl (C=O) groups is 1. The van der Waals surface area contributed by atoms with Crippen LogP contribution in [0.25, 0.3) is 0 Å². The second kappa shape index (κ2) is 11.0. The van der Waals surface area contributed by atoms with E-state index in [1.54, 1.807) is 7.05 Å². The maximum Gasteiger partial charge on any atom is 0.251 e. The van der Waals surface area contributed by atoms with Crippen LogP contribution >= 0.6 is 0 Å². The van der Waals surface area contributed by atoms with Gasteiger partial charge in [0.25, 0.3) is 5.91 Å². The van der Waals surface area contributed by atoms with Crippen molar-refractivity contribution in [2.45, 2.75) is 39.8 Å². The number of hydrogen-bond acceptors (Lipinski definition) is 2. The van der Waals surface area contributed by atoms with Gasteiger partial charge in [-0.15, -0.1) is 0 Å². The smallest absolute Gasteiger partial charge is 0.251 e. The fourth-order valence-corrected chi connectivity index (χ4v) is 2.65. The Morgan fingerprint density at radius 3 is 2.33 bits per heavy atom. The molecule has 0 unspecified atom stereocenters. The topological polar surface area (TPSA) is 65.5 Å². The Morgan fingerprint density at radius 1 is 0.963 bits per heavy atom. The lowest BCUT2D eigenvalue weighted by Gasteiger charge is -2.13. The molecule has 2 rings (SSSR count). The molecule has 0 bridgehead atoms. The minimum absolute atomic E-state index is 0.0151. The van der Waals surface area contributed by atoms with Crippen LogP contribution in [0.3, 0.4) is 0 Å². The van der Waals surface area contributed by atoms with Crippen LogP contribution in [0.15, 0.2) is 53.5 Å². The fourth-order valence-electron chi connectivity index (χ4n) is 2.65. The molecule has 0 atom stereocenters. The Balaban J connectivity index is 1.82. The monoisotopic (exact) mass is 366 g/mol. The Kier molecular flexibility index (Phi) is 8.36. The van der Waals surface area contributed by atoms with Crippen LogP contribution in [0.5, 0.6) is 0 Å². The Labute approximate surface area is 162 Å². The van der Waals surface area contributed by atoms with Crippen molar-refractivity contribution < 1.29 is 4.79 Å². The van der Waals surface area contributed by atoms with Gasteiger partial charge in [-0.05, 0) is 42.2 Å². The molecular formula is C22H30N4O. The molecule has 2 aromatic carbocycles. The van der Waals surface area contributed by atoms with Gasteiger partial charge in [0.2, 0.25) is 0 Å². The first-order valence-electron chi connectivity index (χ1n) is 9.50. The summed E-state index contributed by atoms with van der Waals surface area (Å²) < 4.78 is 0. The van der Waals surface area contributed by atoms with Crippen molar-refractivity contribution in [3.05, 3.63) is 70.8 Å². The van der Waals surface area contributed by atoms with Crippen LogP contribution < -0.4 is 16.0 Å². The van der Waals surface area contributed by atoms with Crippen molar-refractivity contribution in [2.24, 2.45) is 4.99 Å². The van der Waals surface area contributed by atoms with Gasteiger partial charge in [0.15, 0.2) is 5.96 Å². The van der Waals surface area contributed by atoms with Crippen molar-refractivity contribution in [3.8, 4) is 0 Å². The second-order valence-corrected chi connectivity index (χ2v) is 6.51. The summed E-state index contributed by atoms with van der Waals surface area (Å²) >= 11 is 0. The summed E-state index contributed by atoms with van der Waals surface area (Å²) in [7, 11) is 1.76. The quantitative estimate of drug-likeness (QED) is 0.381. The highest BCUT2D eigenvalue weighted by Crippen LogP contribution is 2.07. The highest BCUT2D eigenvalue weighted by atomic mass is 16.1. The number of benzene rings is 2. The van der Waals surface area contributed by atoms with E-state index in [1.807, 2.05) is 36.4 Å². The van der Waals surface area contributed by atoms with E-state index < -0.39 is 0 Å². The molecule has 2 aromatic rings. The van der Waals surface area contributed by atoms with Crippen molar-refractivity contribution in [1.29, 1.82) is 0 Å². The van der Waals surface area contributed by atoms with E-state index in [0.29, 0.717) is 12.1 Å². The van der Waals surface area contributed by atoms with Crippen LogP contribution in [0.4, 0.5) is 0 Å². The second-order valence-electron chi connectivity index (χ2n) is 6.51. The number of amides is 1. The van der Waals surface area contributed by atoms with Crippen LogP contribution in [0.1, 0.15) is 46.8 Å². The predicted molar refractivity (Wildman–Crippen MR) is 112 cm³/mol. The highest BCUT2D eigenvalue weighted by molar-refractivity contribution is 5.94. The number of carbonyl (C=O) groups excluding carboxylic acids is 1. The van der Waals surface area contributed by atoms with Crippen molar-refractivity contribution in [1.82, 2.24) is 16.0 Å². The standard InChI is InChI=1S/C22H30N4O/c1-4-5-14-24-21(27)19-12-10-18(11-13-19)15-25-22(23-3)26-16-20-9-7-6-8-17(20)2/h6-13H,4-5,14-16H2,1-3H3,(H,24,27)(H2,23,25,26). The number of aliphatic imine (C=N–C) groups is 1. The molecule has 5 heteroatoms. The average Bonchev–Trinajstić information content (AvgIpc) is 2.70. The zero-order valence-electron chi connectivity index (χ0n) is 16.5. The third-order valence-corrected chi connectivity index (χ3v) is 4.42. The van der Waals surface area contributed by atoms with Crippen LogP contribution in [-0.4, -0.2) is 25.5 Å². The van der Waals surface area contributed by atoms with Gasteiger partial charge in [0.05, 0.1) is 0 Å². The van der Waals surface area contributed by atoms with E-state index in [4.69, 9.17) is 0 Å². The summed E-state index contributed by atoms with van der Waals surface area (Å²) in [5.41, 5.74) is 4.29. The maximum atomic E-state index is 12.0. The molecule has 27 heavy (non-hydrogen) atoms. The SMILES string of the molecule is CCCCNC(=O)c1ccc(CNC(=NC)NCc2ccccc2C)cc1. The first-order valence-corrected chi connectivity index (χ1v) is 9.50. The van der Waals surface area contributed by atoms with Gasteiger partial charge in [0.1, 0.15) is 0 Å². The molecular weight excluding hydrogens is 336 g/mol. The lowest BCUT2D eigenvalue weighted by Crippen LogP contribution is -2.36. The van der Waals surface area contributed by atoms with Gasteiger partial charge >= 0.3 is 0 Å². The lowest BCUT2D eigenvalue weighted by atomic mass is 10.1. The summed E-state index contributed by atoms with van der Waals surface area (Å²) in [6.07, 6.45) is 2.08. The fraction of sp³-hybridized carbons (Fsp3) is 0.364. The first-order chi connectivity index (χ1) is 13.1. The summed E-state index contributed by atoms with van der Waals surface area (Å²) in [5.74, 6) is 0.735. The molecule has 0 saturated heterocycles. The summed E-state index contributed by atoms with van der Waals surface area (Å²) in [5, 5.41) is 9.57. The van der Waals surface area contributed by atoms with Crippen molar-refractivity contribution in [3.63, 3.8) is 0 Å². The zero-order chi connectivity index (χ0) is 19.5. The van der Waals surface area contributed by atoms with Gasteiger partial charge < -0.3 is 16.0 Å². The number of nitrogens with zero attached hydrogens (tertiary/aromatic N) is 1. The van der Waals surface area contributed by atoms with E-state index in [-0.39, 0.29) is 5.91 Å². The Hall–Kier alpha value is -2.82. The third-order valence-electron chi connectivity index (χ3n) is 4.42. The molecule has 0 radical (unpaired) electrons. The number of aryl methyl sites for hydroxylation is 1. The lowest BCUT2D eigenvalue weighted by molar-refractivity contribution is 0.0953. The molecule has 1 amide bonds. The molecule has 0 aliphatic heterocycles. The molecule has 144 valence electrons. The van der Waals surface area contributed by atoms with E-state index in [0.717, 1.165) is 37.5 Å². The Morgan fingerprint density at radius 2 is 1.67 bits per heavy atom. The molecule has 3 N–H and O–H groups in total. The molecule has 5 nitrogen and oxygen atoms in total. The Bertz CT molecular complexity index is 753. The number of unbranched alkanes of at least 4 members (excludes halogenated alkanes) is 1. The molecule has 0 saturated carbocycles. The molecule has 0 spiro atoms.